The first kappa shape index (κ1) is 19.1. The highest BCUT2D eigenvalue weighted by Gasteiger charge is 2.80. The van der Waals surface area contributed by atoms with Gasteiger partial charge in [0.2, 0.25) is 0 Å². The van der Waals surface area contributed by atoms with E-state index >= 15 is 0 Å². The molecule has 2 fully saturated rings. The molecule has 0 aromatic heterocycles. The molecule has 1 saturated carbocycles. The van der Waals surface area contributed by atoms with Crippen molar-refractivity contribution in [1.29, 1.82) is 0 Å². The van der Waals surface area contributed by atoms with E-state index in [4.69, 9.17) is 9.47 Å². The van der Waals surface area contributed by atoms with Gasteiger partial charge >= 0.3 is 0 Å². The van der Waals surface area contributed by atoms with E-state index in [2.05, 4.69) is 44.3 Å². The fourth-order valence-corrected chi connectivity index (χ4v) is 7.89. The van der Waals surface area contributed by atoms with Crippen molar-refractivity contribution in [2.75, 3.05) is 13.7 Å². The summed E-state index contributed by atoms with van der Waals surface area (Å²) in [5, 5.41) is 26.5. The van der Waals surface area contributed by atoms with Crippen molar-refractivity contribution in [2.24, 2.45) is 16.7 Å². The van der Waals surface area contributed by atoms with E-state index in [0.717, 1.165) is 25.8 Å². The highest BCUT2D eigenvalue weighted by molar-refractivity contribution is 5.65. The number of aromatic hydroxyl groups is 1. The normalized spacial score (nSPS) is 44.4. The van der Waals surface area contributed by atoms with Gasteiger partial charge in [-0.3, -0.25) is 0 Å². The molecule has 5 nitrogen and oxygen atoms in total. The maximum absolute atomic E-state index is 11.9. The largest absolute Gasteiger partial charge is 0.504 e. The number of benzene rings is 1. The van der Waals surface area contributed by atoms with Crippen LogP contribution in [0, 0.1) is 16.7 Å². The summed E-state index contributed by atoms with van der Waals surface area (Å²) in [5.74, 6) is 0.733. The number of hydrogen-bond donors (Lipinski definition) is 3. The molecule has 2 spiro atoms. The smallest absolute Gasteiger partial charge is 0.165 e. The summed E-state index contributed by atoms with van der Waals surface area (Å²) < 4.78 is 13.1. The topological polar surface area (TPSA) is 71.0 Å². The van der Waals surface area contributed by atoms with Crippen LogP contribution < -0.4 is 10.1 Å². The van der Waals surface area contributed by atoms with Crippen molar-refractivity contribution in [3.05, 3.63) is 35.4 Å². The lowest BCUT2D eigenvalue weighted by Crippen LogP contribution is -2.81. The summed E-state index contributed by atoms with van der Waals surface area (Å²) in [7, 11) is 1.75. The van der Waals surface area contributed by atoms with Gasteiger partial charge in [-0.05, 0) is 49.8 Å². The molecule has 2 aliphatic heterocycles. The van der Waals surface area contributed by atoms with Gasteiger partial charge in [0.25, 0.3) is 0 Å². The summed E-state index contributed by atoms with van der Waals surface area (Å²) in [6.07, 6.45) is 7.00. The predicted octanol–water partition coefficient (Wildman–Crippen LogP) is 3.07. The Balaban J connectivity index is 1.67. The number of fused-ring (bicyclic) bond motifs is 1. The Bertz CT molecular complexity index is 978. The van der Waals surface area contributed by atoms with Crippen molar-refractivity contribution in [1.82, 2.24) is 5.32 Å². The Kier molecular flexibility index (Phi) is 3.35. The minimum atomic E-state index is -0.961. The number of phenols is 1. The minimum Gasteiger partial charge on any atom is -0.504 e. The summed E-state index contributed by atoms with van der Waals surface area (Å²) in [4.78, 5) is 0. The van der Waals surface area contributed by atoms with Crippen LogP contribution in [0.25, 0.3) is 0 Å². The Morgan fingerprint density at radius 3 is 2.67 bits per heavy atom. The monoisotopic (exact) mass is 411 g/mol. The average molecular weight is 412 g/mol. The lowest BCUT2D eigenvalue weighted by Gasteiger charge is -2.71. The lowest BCUT2D eigenvalue weighted by atomic mass is 9.35. The number of ether oxygens (including phenoxy) is 2. The number of phenolic OH excluding ortho intramolecular Hbond substituents is 1. The highest BCUT2D eigenvalue weighted by Crippen LogP contribution is 2.75. The van der Waals surface area contributed by atoms with E-state index in [0.29, 0.717) is 5.75 Å². The molecule has 30 heavy (non-hydrogen) atoms. The average Bonchev–Trinajstić information content (AvgIpc) is 3.05. The van der Waals surface area contributed by atoms with Gasteiger partial charge in [0, 0.05) is 30.0 Å². The molecule has 1 aromatic rings. The van der Waals surface area contributed by atoms with Crippen LogP contribution in [0.1, 0.15) is 51.7 Å². The van der Waals surface area contributed by atoms with Crippen molar-refractivity contribution < 1.29 is 19.7 Å². The van der Waals surface area contributed by atoms with Crippen LogP contribution in [0.3, 0.4) is 0 Å². The second-order valence-electron chi connectivity index (χ2n) is 11.5. The van der Waals surface area contributed by atoms with Gasteiger partial charge < -0.3 is 25.0 Å². The molecule has 1 saturated heterocycles. The van der Waals surface area contributed by atoms with Crippen LogP contribution in [-0.2, 0) is 16.6 Å². The lowest BCUT2D eigenvalue weighted by molar-refractivity contribution is -0.254. The fourth-order valence-electron chi connectivity index (χ4n) is 7.89. The molecular weight excluding hydrogens is 378 g/mol. The van der Waals surface area contributed by atoms with E-state index in [-0.39, 0.29) is 40.1 Å². The Hall–Kier alpha value is -1.56. The maximum atomic E-state index is 11.9. The van der Waals surface area contributed by atoms with Crippen LogP contribution in [0.5, 0.6) is 11.5 Å². The zero-order chi connectivity index (χ0) is 21.3. The van der Waals surface area contributed by atoms with Crippen LogP contribution in [0.4, 0.5) is 0 Å². The second-order valence-corrected chi connectivity index (χ2v) is 11.5. The van der Waals surface area contributed by atoms with E-state index in [1.165, 1.54) is 11.1 Å². The number of methoxy groups -OCH3 is 1. The summed E-state index contributed by atoms with van der Waals surface area (Å²) in [5.41, 5.74) is 0.0396. The molecule has 1 aromatic carbocycles. The molecule has 5 heteroatoms. The zero-order valence-corrected chi connectivity index (χ0v) is 18.6. The first-order valence-electron chi connectivity index (χ1n) is 11.3. The third-order valence-corrected chi connectivity index (χ3v) is 9.83. The van der Waals surface area contributed by atoms with Gasteiger partial charge in [0.15, 0.2) is 11.5 Å². The molecule has 7 atom stereocenters. The molecule has 0 unspecified atom stereocenters. The SMILES string of the molecule is CO[C@]12C=C[C@@]3(C[C@@H]1[C@](C)(O)C(C)(C)C)[C@H]1Cc4ccc(O)c5c4[C@@]3(CCN1)[C@H]2O5. The Morgan fingerprint density at radius 2 is 1.97 bits per heavy atom. The zero-order valence-electron chi connectivity index (χ0n) is 18.6. The standard InChI is InChI=1S/C25H33NO4/c1-21(2,3)22(4,28)16-13-23-8-9-25(16,29-5)20-24(23)10-11-26-17(23)12-14-6-7-15(27)19(30-20)18(14)24/h6-9,16-17,20,26-28H,10-13H2,1-5H3/t16-,17-,20-,22+,23-,24+,25-/m1/s1. The predicted molar refractivity (Wildman–Crippen MR) is 114 cm³/mol. The Morgan fingerprint density at radius 1 is 1.20 bits per heavy atom. The first-order chi connectivity index (χ1) is 14.1. The third kappa shape index (κ3) is 1.73. The third-order valence-electron chi connectivity index (χ3n) is 9.83. The Labute approximate surface area is 178 Å². The van der Waals surface area contributed by atoms with E-state index in [9.17, 15) is 10.2 Å². The van der Waals surface area contributed by atoms with Gasteiger partial charge in [0.05, 0.1) is 11.0 Å². The van der Waals surface area contributed by atoms with Crippen LogP contribution in [-0.4, -0.2) is 47.2 Å². The summed E-state index contributed by atoms with van der Waals surface area (Å²) in [6, 6.07) is 4.13. The second kappa shape index (κ2) is 5.25. The molecule has 6 aliphatic rings. The molecule has 4 aliphatic carbocycles. The summed E-state index contributed by atoms with van der Waals surface area (Å²) >= 11 is 0. The maximum Gasteiger partial charge on any atom is 0.165 e. The molecule has 7 rings (SSSR count). The van der Waals surface area contributed by atoms with E-state index in [1.54, 1.807) is 13.2 Å². The van der Waals surface area contributed by atoms with E-state index in [1.807, 2.05) is 6.92 Å². The van der Waals surface area contributed by atoms with Gasteiger partial charge in [-0.2, -0.15) is 0 Å². The van der Waals surface area contributed by atoms with Crippen molar-refractivity contribution in [3.63, 3.8) is 0 Å². The van der Waals surface area contributed by atoms with Gasteiger partial charge in [-0.25, -0.2) is 0 Å². The number of aliphatic hydroxyl groups is 1. The molecule has 4 bridgehead atoms. The quantitative estimate of drug-likeness (QED) is 0.653. The van der Waals surface area contributed by atoms with Crippen molar-refractivity contribution >= 4 is 0 Å². The molecule has 2 heterocycles. The molecule has 3 N–H and O–H groups in total. The van der Waals surface area contributed by atoms with Crippen molar-refractivity contribution in [2.45, 2.75) is 75.7 Å². The highest BCUT2D eigenvalue weighted by atomic mass is 16.6. The molecule has 0 radical (unpaired) electrons. The number of piperidine rings is 1. The number of nitrogens with one attached hydrogen (secondary N) is 1. The first-order valence-corrected chi connectivity index (χ1v) is 11.3. The van der Waals surface area contributed by atoms with Crippen LogP contribution >= 0.6 is 0 Å². The van der Waals surface area contributed by atoms with Crippen LogP contribution in [0.15, 0.2) is 24.3 Å². The van der Waals surface area contributed by atoms with E-state index < -0.39 is 11.2 Å². The van der Waals surface area contributed by atoms with Gasteiger partial charge in [-0.1, -0.05) is 39.0 Å². The van der Waals surface area contributed by atoms with Gasteiger partial charge in [-0.15, -0.1) is 0 Å². The molecule has 0 amide bonds. The van der Waals surface area contributed by atoms with Crippen LogP contribution in [0.2, 0.25) is 0 Å². The molecule has 162 valence electrons. The fraction of sp³-hybridized carbons (Fsp3) is 0.680. The van der Waals surface area contributed by atoms with Crippen molar-refractivity contribution in [3.8, 4) is 11.5 Å². The summed E-state index contributed by atoms with van der Waals surface area (Å²) in [6.45, 7) is 9.19. The molecular formula is C25H33NO4. The van der Waals surface area contributed by atoms with Gasteiger partial charge in [0.1, 0.15) is 11.7 Å². The number of rotatable bonds is 2. The minimum absolute atomic E-state index is 0.126. The number of hydrogen-bond acceptors (Lipinski definition) is 5.